The van der Waals surface area contributed by atoms with E-state index >= 15 is 0 Å². The normalized spacial score (nSPS) is 10.5. The summed E-state index contributed by atoms with van der Waals surface area (Å²) in [7, 11) is 1.35. The molecule has 0 saturated carbocycles. The van der Waals surface area contributed by atoms with Crippen LogP contribution in [0.3, 0.4) is 0 Å². The molecule has 0 spiro atoms. The van der Waals surface area contributed by atoms with Crippen LogP contribution < -0.4 is 10.6 Å². The molecule has 0 aliphatic rings. The number of nitrogens with one attached hydrogen (secondary N) is 2. The number of benzene rings is 1. The predicted octanol–water partition coefficient (Wildman–Crippen LogP) is 4.55. The lowest BCUT2D eigenvalue weighted by Gasteiger charge is -2.08. The second-order valence-electron chi connectivity index (χ2n) is 5.70. The van der Waals surface area contributed by atoms with Crippen molar-refractivity contribution in [2.75, 3.05) is 17.7 Å². The molecule has 2 N–H and O–H groups in total. The Kier molecular flexibility index (Phi) is 6.10. The van der Waals surface area contributed by atoms with E-state index < -0.39 is 5.97 Å². The van der Waals surface area contributed by atoms with Crippen LogP contribution in [0.5, 0.6) is 0 Å². The standard InChI is InChI=1S/C18H17ClN4O2S2/c1-11-9-14(17(24)25-2)16(27-11)21-18(26)20-15-7-8-23(22-15)10-12-3-5-13(19)6-4-12/h3-9H,10H2,1-2H3,(H2,20,21,22,26). The van der Waals surface area contributed by atoms with Gasteiger partial charge < -0.3 is 15.4 Å². The van der Waals surface area contributed by atoms with Gasteiger partial charge in [0.2, 0.25) is 0 Å². The van der Waals surface area contributed by atoms with Crippen LogP contribution in [0.25, 0.3) is 0 Å². The van der Waals surface area contributed by atoms with Crippen molar-refractivity contribution in [2.45, 2.75) is 13.5 Å². The number of ether oxygens (including phenoxy) is 1. The van der Waals surface area contributed by atoms with Crippen molar-refractivity contribution in [1.29, 1.82) is 0 Å². The molecule has 0 atom stereocenters. The van der Waals surface area contributed by atoms with Gasteiger partial charge in [-0.05, 0) is 42.9 Å². The first kappa shape index (κ1) is 19.3. The van der Waals surface area contributed by atoms with Crippen molar-refractivity contribution in [1.82, 2.24) is 9.78 Å². The lowest BCUT2D eigenvalue weighted by Crippen LogP contribution is -2.20. The second-order valence-corrected chi connectivity index (χ2v) is 7.80. The van der Waals surface area contributed by atoms with Crippen molar-refractivity contribution >= 4 is 57.1 Å². The fourth-order valence-corrected chi connectivity index (χ4v) is 3.71. The Balaban J connectivity index is 1.63. The molecule has 0 amide bonds. The molecule has 0 radical (unpaired) electrons. The van der Waals surface area contributed by atoms with Crippen molar-refractivity contribution in [3.8, 4) is 0 Å². The monoisotopic (exact) mass is 420 g/mol. The number of esters is 1. The van der Waals surface area contributed by atoms with Gasteiger partial charge in [-0.25, -0.2) is 4.79 Å². The van der Waals surface area contributed by atoms with Crippen LogP contribution in [-0.2, 0) is 11.3 Å². The van der Waals surface area contributed by atoms with Gasteiger partial charge in [0.1, 0.15) is 5.00 Å². The van der Waals surface area contributed by atoms with Crippen LogP contribution >= 0.6 is 35.2 Å². The predicted molar refractivity (Wildman–Crippen MR) is 113 cm³/mol. The van der Waals surface area contributed by atoms with E-state index in [2.05, 4.69) is 15.7 Å². The SMILES string of the molecule is COC(=O)c1cc(C)sc1NC(=S)Nc1ccn(Cc2ccc(Cl)cc2)n1. The number of anilines is 2. The lowest BCUT2D eigenvalue weighted by atomic mass is 10.2. The minimum absolute atomic E-state index is 0.346. The fraction of sp³-hybridized carbons (Fsp3) is 0.167. The first-order valence-electron chi connectivity index (χ1n) is 7.99. The maximum Gasteiger partial charge on any atom is 0.340 e. The molecule has 0 unspecified atom stereocenters. The first-order valence-corrected chi connectivity index (χ1v) is 9.59. The summed E-state index contributed by atoms with van der Waals surface area (Å²) in [4.78, 5) is 12.8. The Hall–Kier alpha value is -2.42. The highest BCUT2D eigenvalue weighted by Gasteiger charge is 2.16. The number of aromatic nitrogens is 2. The molecule has 0 aliphatic carbocycles. The third-order valence-corrected chi connectivity index (χ3v) is 5.05. The summed E-state index contributed by atoms with van der Waals surface area (Å²) in [5.41, 5.74) is 1.55. The van der Waals surface area contributed by atoms with E-state index in [1.54, 1.807) is 10.7 Å². The maximum absolute atomic E-state index is 11.8. The zero-order valence-electron chi connectivity index (χ0n) is 14.7. The number of methoxy groups -OCH3 is 1. The van der Waals surface area contributed by atoms with Crippen molar-refractivity contribution in [3.63, 3.8) is 0 Å². The second kappa shape index (κ2) is 8.51. The Labute approximate surface area is 171 Å². The fourth-order valence-electron chi connectivity index (χ4n) is 2.41. The molecule has 2 heterocycles. The average molecular weight is 421 g/mol. The van der Waals surface area contributed by atoms with Gasteiger partial charge in [0, 0.05) is 22.2 Å². The Morgan fingerprint density at radius 1 is 1.30 bits per heavy atom. The zero-order valence-corrected chi connectivity index (χ0v) is 17.0. The number of nitrogens with zero attached hydrogens (tertiary/aromatic N) is 2. The molecule has 140 valence electrons. The van der Waals surface area contributed by atoms with Gasteiger partial charge in [-0.3, -0.25) is 4.68 Å². The van der Waals surface area contributed by atoms with Gasteiger partial charge in [0.25, 0.3) is 0 Å². The van der Waals surface area contributed by atoms with E-state index in [0.717, 1.165) is 10.4 Å². The van der Waals surface area contributed by atoms with E-state index in [4.69, 9.17) is 28.6 Å². The molecule has 0 fully saturated rings. The molecule has 27 heavy (non-hydrogen) atoms. The summed E-state index contributed by atoms with van der Waals surface area (Å²) in [5.74, 6) is 0.200. The minimum atomic E-state index is -0.406. The minimum Gasteiger partial charge on any atom is -0.465 e. The maximum atomic E-state index is 11.8. The zero-order chi connectivity index (χ0) is 19.4. The highest BCUT2D eigenvalue weighted by Crippen LogP contribution is 2.28. The number of halogens is 1. The smallest absolute Gasteiger partial charge is 0.340 e. The van der Waals surface area contributed by atoms with Crippen LogP contribution in [0.15, 0.2) is 42.6 Å². The van der Waals surface area contributed by atoms with Crippen molar-refractivity contribution in [3.05, 3.63) is 63.6 Å². The molecule has 0 aliphatic heterocycles. The third-order valence-electron chi connectivity index (χ3n) is 3.63. The van der Waals surface area contributed by atoms with Crippen LogP contribution in [0.4, 0.5) is 10.8 Å². The summed E-state index contributed by atoms with van der Waals surface area (Å²) in [6, 6.07) is 11.2. The number of rotatable bonds is 5. The average Bonchev–Trinajstić information content (AvgIpc) is 3.22. The van der Waals surface area contributed by atoms with Gasteiger partial charge in [0.15, 0.2) is 10.9 Å². The topological polar surface area (TPSA) is 68.2 Å². The lowest BCUT2D eigenvalue weighted by molar-refractivity contribution is 0.0602. The third kappa shape index (κ3) is 5.06. The number of carbonyl (C=O) groups is 1. The molecule has 0 saturated heterocycles. The largest absolute Gasteiger partial charge is 0.465 e. The van der Waals surface area contributed by atoms with Gasteiger partial charge in [0.05, 0.1) is 19.2 Å². The Morgan fingerprint density at radius 3 is 2.74 bits per heavy atom. The number of hydrogen-bond donors (Lipinski definition) is 2. The van der Waals surface area contributed by atoms with Gasteiger partial charge >= 0.3 is 5.97 Å². The van der Waals surface area contributed by atoms with E-state index in [1.165, 1.54) is 18.4 Å². The van der Waals surface area contributed by atoms with Gasteiger partial charge in [-0.1, -0.05) is 23.7 Å². The van der Waals surface area contributed by atoms with Crippen molar-refractivity contribution < 1.29 is 9.53 Å². The molecule has 3 rings (SSSR count). The summed E-state index contributed by atoms with van der Waals surface area (Å²) < 4.78 is 6.59. The van der Waals surface area contributed by atoms with Gasteiger partial charge in [-0.15, -0.1) is 11.3 Å². The van der Waals surface area contributed by atoms with Crippen LogP contribution in [0, 0.1) is 6.92 Å². The highest BCUT2D eigenvalue weighted by molar-refractivity contribution is 7.80. The Bertz CT molecular complexity index is 966. The highest BCUT2D eigenvalue weighted by atomic mass is 35.5. The molecule has 3 aromatic rings. The summed E-state index contributed by atoms with van der Waals surface area (Å²) in [5, 5.41) is 12.2. The van der Waals surface area contributed by atoms with E-state index in [-0.39, 0.29) is 0 Å². The summed E-state index contributed by atoms with van der Waals surface area (Å²) in [6.45, 7) is 2.53. The van der Waals surface area contributed by atoms with Crippen LogP contribution in [0.2, 0.25) is 5.02 Å². The van der Waals surface area contributed by atoms with Crippen LogP contribution in [-0.4, -0.2) is 28.0 Å². The van der Waals surface area contributed by atoms with Crippen molar-refractivity contribution in [2.24, 2.45) is 0 Å². The van der Waals surface area contributed by atoms with Gasteiger partial charge in [-0.2, -0.15) is 5.10 Å². The molecular weight excluding hydrogens is 404 g/mol. The number of carbonyl (C=O) groups excluding carboxylic acids is 1. The van der Waals surface area contributed by atoms with E-state index in [1.807, 2.05) is 43.5 Å². The molecule has 0 bridgehead atoms. The summed E-state index contributed by atoms with van der Waals surface area (Å²) >= 11 is 12.7. The number of aryl methyl sites for hydroxylation is 1. The molecule has 6 nitrogen and oxygen atoms in total. The quantitative estimate of drug-likeness (QED) is 0.466. The van der Waals surface area contributed by atoms with E-state index in [0.29, 0.717) is 33.1 Å². The first-order chi connectivity index (χ1) is 12.9. The Morgan fingerprint density at radius 2 is 2.04 bits per heavy atom. The van der Waals surface area contributed by atoms with E-state index in [9.17, 15) is 4.79 Å². The molecular formula is C18H17ClN4O2S2. The van der Waals surface area contributed by atoms with Crippen LogP contribution in [0.1, 0.15) is 20.8 Å². The number of thiophene rings is 1. The molecule has 9 heteroatoms. The number of thiocarbonyl (C=S) groups is 1. The number of hydrogen-bond acceptors (Lipinski definition) is 5. The summed E-state index contributed by atoms with van der Waals surface area (Å²) in [6.07, 6.45) is 1.86. The molecule has 1 aromatic carbocycles. The molecule has 2 aromatic heterocycles.